The van der Waals surface area contributed by atoms with Gasteiger partial charge in [0, 0.05) is 13.0 Å². The average molecular weight is 366 g/mol. The number of rotatable bonds is 18. The van der Waals surface area contributed by atoms with Crippen molar-refractivity contribution in [2.75, 3.05) is 40.6 Å². The average Bonchev–Trinajstić information content (AvgIpc) is 2.53. The molecule has 0 aromatic carbocycles. The Hall–Kier alpha value is 0.170. The molecule has 0 spiro atoms. The molecule has 0 fully saturated rings. The first-order valence-electron chi connectivity index (χ1n) is 10.1. The molecule has 0 saturated heterocycles. The van der Waals surface area contributed by atoms with Crippen LogP contribution in [-0.2, 0) is 4.74 Å². The van der Waals surface area contributed by atoms with Gasteiger partial charge in [0.15, 0.2) is 6.73 Å². The second kappa shape index (κ2) is 19.5. The van der Waals surface area contributed by atoms with Crippen LogP contribution in [0.2, 0.25) is 0 Å². The highest BCUT2D eigenvalue weighted by molar-refractivity contribution is 4.48. The number of aliphatic hydroxyl groups excluding tert-OH is 1. The number of halogens is 1. The van der Waals surface area contributed by atoms with Crippen molar-refractivity contribution in [1.82, 2.24) is 0 Å². The molecule has 24 heavy (non-hydrogen) atoms. The van der Waals surface area contributed by atoms with Crippen LogP contribution >= 0.6 is 0 Å². The van der Waals surface area contributed by atoms with Gasteiger partial charge in [-0.25, -0.2) is 0 Å². The van der Waals surface area contributed by atoms with Gasteiger partial charge in [-0.2, -0.15) is 0 Å². The second-order valence-corrected chi connectivity index (χ2v) is 7.66. The Labute approximate surface area is 158 Å². The van der Waals surface area contributed by atoms with E-state index in [1.165, 1.54) is 77.0 Å². The quantitative estimate of drug-likeness (QED) is 0.229. The summed E-state index contributed by atoms with van der Waals surface area (Å²) in [7, 11) is 4.33. The largest absolute Gasteiger partial charge is 1.00 e. The monoisotopic (exact) mass is 365 g/mol. The molecule has 0 aliphatic rings. The summed E-state index contributed by atoms with van der Waals surface area (Å²) in [4.78, 5) is 0. The summed E-state index contributed by atoms with van der Waals surface area (Å²) in [5.41, 5.74) is 0. The first kappa shape index (κ1) is 26.4. The molecule has 0 aromatic rings. The third kappa shape index (κ3) is 20.2. The molecular formula is C20H44ClNO2. The third-order valence-electron chi connectivity index (χ3n) is 4.50. The SMILES string of the molecule is CCCCCCCCCCCCCCOC[N+](C)(C)CCCO.[Cl-]. The lowest BCUT2D eigenvalue weighted by atomic mass is 10.1. The van der Waals surface area contributed by atoms with E-state index in [0.29, 0.717) is 0 Å². The molecule has 0 atom stereocenters. The van der Waals surface area contributed by atoms with Crippen molar-refractivity contribution in [1.29, 1.82) is 0 Å². The van der Waals surface area contributed by atoms with Crippen LogP contribution in [0.25, 0.3) is 0 Å². The van der Waals surface area contributed by atoms with Gasteiger partial charge in [0.25, 0.3) is 0 Å². The molecule has 0 rings (SSSR count). The van der Waals surface area contributed by atoms with Crippen LogP contribution in [0.5, 0.6) is 0 Å². The molecule has 0 radical (unpaired) electrons. The zero-order valence-corrected chi connectivity index (χ0v) is 17.5. The van der Waals surface area contributed by atoms with E-state index in [2.05, 4.69) is 21.0 Å². The van der Waals surface area contributed by atoms with Gasteiger partial charge in [-0.05, 0) is 6.42 Å². The van der Waals surface area contributed by atoms with Crippen LogP contribution in [0.4, 0.5) is 0 Å². The molecule has 3 nitrogen and oxygen atoms in total. The van der Waals surface area contributed by atoms with Crippen molar-refractivity contribution in [2.45, 2.75) is 90.4 Å². The van der Waals surface area contributed by atoms with E-state index in [0.717, 1.165) is 30.8 Å². The fraction of sp³-hybridized carbons (Fsp3) is 1.00. The molecule has 0 amide bonds. The Morgan fingerprint density at radius 2 is 1.17 bits per heavy atom. The maximum absolute atomic E-state index is 8.87. The molecule has 1 N–H and O–H groups in total. The zero-order valence-electron chi connectivity index (χ0n) is 16.7. The lowest BCUT2D eigenvalue weighted by Crippen LogP contribution is -3.00. The van der Waals surface area contributed by atoms with Gasteiger partial charge in [0.05, 0.1) is 27.2 Å². The van der Waals surface area contributed by atoms with E-state index < -0.39 is 0 Å². The van der Waals surface area contributed by atoms with E-state index in [1.54, 1.807) is 0 Å². The van der Waals surface area contributed by atoms with E-state index in [1.807, 2.05) is 0 Å². The predicted octanol–water partition coefficient (Wildman–Crippen LogP) is 2.12. The molecule has 0 unspecified atom stereocenters. The number of aliphatic hydroxyl groups is 1. The number of hydrogen-bond donors (Lipinski definition) is 1. The molecule has 4 heteroatoms. The highest BCUT2D eigenvalue weighted by atomic mass is 35.5. The van der Waals surface area contributed by atoms with Crippen LogP contribution < -0.4 is 12.4 Å². The smallest absolute Gasteiger partial charge is 0.182 e. The standard InChI is InChI=1S/C20H44NO2.ClH/c1-4-5-6-7-8-9-10-11-12-13-14-15-19-23-20-21(2,3)17-16-18-22;/h22H,4-20H2,1-3H3;1H/q+1;/p-1. The Bertz CT molecular complexity index is 238. The van der Waals surface area contributed by atoms with Crippen LogP contribution in [0.3, 0.4) is 0 Å². The van der Waals surface area contributed by atoms with Crippen LogP contribution in [0, 0.1) is 0 Å². The van der Waals surface area contributed by atoms with Gasteiger partial charge in [-0.15, -0.1) is 0 Å². The number of hydrogen-bond acceptors (Lipinski definition) is 2. The normalized spacial score (nSPS) is 11.5. The van der Waals surface area contributed by atoms with Crippen LogP contribution in [0.15, 0.2) is 0 Å². The highest BCUT2D eigenvalue weighted by Gasteiger charge is 2.13. The van der Waals surface area contributed by atoms with Gasteiger partial charge in [-0.1, -0.05) is 77.6 Å². The number of ether oxygens (including phenoxy) is 1. The van der Waals surface area contributed by atoms with Crippen molar-refractivity contribution in [3.8, 4) is 0 Å². The minimum absolute atomic E-state index is 0. The minimum Gasteiger partial charge on any atom is -1.00 e. The van der Waals surface area contributed by atoms with Crippen LogP contribution in [0.1, 0.15) is 90.4 Å². The first-order chi connectivity index (χ1) is 11.1. The fourth-order valence-electron chi connectivity index (χ4n) is 2.92. The first-order valence-corrected chi connectivity index (χ1v) is 10.1. The molecule has 0 aliphatic carbocycles. The van der Waals surface area contributed by atoms with Gasteiger partial charge in [-0.3, -0.25) is 0 Å². The van der Waals surface area contributed by atoms with Gasteiger partial charge < -0.3 is 26.7 Å². The van der Waals surface area contributed by atoms with Crippen molar-refractivity contribution in [3.63, 3.8) is 0 Å². The highest BCUT2D eigenvalue weighted by Crippen LogP contribution is 2.12. The predicted molar refractivity (Wildman–Crippen MR) is 101 cm³/mol. The Kier molecular flexibility index (Phi) is 21.4. The third-order valence-corrected chi connectivity index (χ3v) is 4.50. The second-order valence-electron chi connectivity index (χ2n) is 7.66. The molecule has 148 valence electrons. The summed E-state index contributed by atoms with van der Waals surface area (Å²) < 4.78 is 6.62. The van der Waals surface area contributed by atoms with E-state index in [-0.39, 0.29) is 19.0 Å². The van der Waals surface area contributed by atoms with Crippen molar-refractivity contribution in [2.24, 2.45) is 0 Å². The van der Waals surface area contributed by atoms with Gasteiger partial charge >= 0.3 is 0 Å². The van der Waals surface area contributed by atoms with Crippen LogP contribution in [-0.4, -0.2) is 50.2 Å². The Balaban J connectivity index is 0. The van der Waals surface area contributed by atoms with E-state index >= 15 is 0 Å². The topological polar surface area (TPSA) is 29.5 Å². The van der Waals surface area contributed by atoms with E-state index in [4.69, 9.17) is 9.84 Å². The van der Waals surface area contributed by atoms with Gasteiger partial charge in [0.2, 0.25) is 0 Å². The fourth-order valence-corrected chi connectivity index (χ4v) is 2.92. The van der Waals surface area contributed by atoms with Gasteiger partial charge in [0.1, 0.15) is 0 Å². The summed E-state index contributed by atoms with van der Waals surface area (Å²) in [6, 6.07) is 0. The van der Waals surface area contributed by atoms with Crippen molar-refractivity contribution >= 4 is 0 Å². The maximum atomic E-state index is 8.87. The molecule has 0 heterocycles. The van der Waals surface area contributed by atoms with Crippen molar-refractivity contribution in [3.05, 3.63) is 0 Å². The summed E-state index contributed by atoms with van der Waals surface area (Å²) in [5, 5.41) is 8.87. The Morgan fingerprint density at radius 3 is 1.62 bits per heavy atom. The summed E-state index contributed by atoms with van der Waals surface area (Å²) in [6.45, 7) is 5.19. The lowest BCUT2D eigenvalue weighted by molar-refractivity contribution is -0.909. The molecular weight excluding hydrogens is 322 g/mol. The molecule has 0 bridgehead atoms. The van der Waals surface area contributed by atoms with Crippen molar-refractivity contribution < 1.29 is 26.7 Å². The summed E-state index contributed by atoms with van der Waals surface area (Å²) in [6.07, 6.45) is 17.5. The molecule has 0 aromatic heterocycles. The lowest BCUT2D eigenvalue weighted by Gasteiger charge is -2.28. The molecule has 0 aliphatic heterocycles. The molecule has 0 saturated carbocycles. The summed E-state index contributed by atoms with van der Waals surface area (Å²) >= 11 is 0. The zero-order chi connectivity index (χ0) is 17.2. The minimum atomic E-state index is 0. The number of unbranched alkanes of at least 4 members (excludes halogenated alkanes) is 11. The Morgan fingerprint density at radius 1 is 0.708 bits per heavy atom. The number of quaternary nitrogens is 1. The van der Waals surface area contributed by atoms with E-state index in [9.17, 15) is 0 Å². The summed E-state index contributed by atoms with van der Waals surface area (Å²) in [5.74, 6) is 0. The number of nitrogens with zero attached hydrogens (tertiary/aromatic N) is 1. The maximum Gasteiger partial charge on any atom is 0.182 e.